The van der Waals surface area contributed by atoms with Crippen LogP contribution in [0.4, 0.5) is 0 Å². The lowest BCUT2D eigenvalue weighted by atomic mass is 9.92. The summed E-state index contributed by atoms with van der Waals surface area (Å²) in [6.45, 7) is 4.36. The second-order valence-electron chi connectivity index (χ2n) is 4.61. The van der Waals surface area contributed by atoms with E-state index in [1.807, 2.05) is 0 Å². The first-order chi connectivity index (χ1) is 7.98. The lowest BCUT2D eigenvalue weighted by Crippen LogP contribution is -2.48. The summed E-state index contributed by atoms with van der Waals surface area (Å²) in [5.41, 5.74) is 4.73. The van der Waals surface area contributed by atoms with Crippen LogP contribution in [0.5, 0.6) is 0 Å². The SMILES string of the molecule is CCC(N)(CCCN1CCS(=O)CC1)C(=O)O. The molecule has 0 aromatic rings. The number of nitrogens with zero attached hydrogens (tertiary/aromatic N) is 1. The number of rotatable bonds is 6. The molecule has 17 heavy (non-hydrogen) atoms. The van der Waals surface area contributed by atoms with Crippen molar-refractivity contribution in [3.05, 3.63) is 0 Å². The Hall–Kier alpha value is -0.460. The smallest absolute Gasteiger partial charge is 0.323 e. The van der Waals surface area contributed by atoms with Crippen molar-refractivity contribution >= 4 is 16.8 Å². The van der Waals surface area contributed by atoms with Crippen LogP contribution in [0.25, 0.3) is 0 Å². The number of nitrogens with two attached hydrogens (primary N) is 1. The molecular weight excluding hydrogens is 240 g/mol. The van der Waals surface area contributed by atoms with Gasteiger partial charge < -0.3 is 15.7 Å². The molecule has 0 bridgehead atoms. The van der Waals surface area contributed by atoms with Gasteiger partial charge in [0.25, 0.3) is 0 Å². The molecule has 1 rings (SSSR count). The van der Waals surface area contributed by atoms with Crippen LogP contribution in [0.3, 0.4) is 0 Å². The van der Waals surface area contributed by atoms with E-state index in [2.05, 4.69) is 4.90 Å². The summed E-state index contributed by atoms with van der Waals surface area (Å²) >= 11 is 0. The van der Waals surface area contributed by atoms with Gasteiger partial charge in [0.05, 0.1) is 0 Å². The van der Waals surface area contributed by atoms with Gasteiger partial charge in [-0.3, -0.25) is 9.00 Å². The maximum Gasteiger partial charge on any atom is 0.323 e. The third-order valence-corrected chi connectivity index (χ3v) is 4.70. The van der Waals surface area contributed by atoms with E-state index < -0.39 is 22.3 Å². The summed E-state index contributed by atoms with van der Waals surface area (Å²) in [6, 6.07) is 0. The topological polar surface area (TPSA) is 83.6 Å². The third-order valence-electron chi connectivity index (χ3n) is 3.42. The molecule has 1 atom stereocenters. The Labute approximate surface area is 105 Å². The maximum atomic E-state index is 11.2. The summed E-state index contributed by atoms with van der Waals surface area (Å²) in [5.74, 6) is 0.556. The number of hydrogen-bond donors (Lipinski definition) is 2. The van der Waals surface area contributed by atoms with Gasteiger partial charge in [-0.2, -0.15) is 0 Å². The van der Waals surface area contributed by atoms with Crippen molar-refractivity contribution in [2.24, 2.45) is 5.73 Å². The molecule has 1 saturated heterocycles. The molecule has 0 aliphatic carbocycles. The van der Waals surface area contributed by atoms with Gasteiger partial charge in [0.15, 0.2) is 0 Å². The molecular formula is C11H22N2O3S. The number of carbonyl (C=O) groups is 1. The van der Waals surface area contributed by atoms with Crippen molar-refractivity contribution in [2.45, 2.75) is 31.7 Å². The molecule has 100 valence electrons. The Kier molecular flexibility index (Phi) is 5.55. The number of hydrogen-bond acceptors (Lipinski definition) is 4. The van der Waals surface area contributed by atoms with E-state index in [1.54, 1.807) is 6.92 Å². The summed E-state index contributed by atoms with van der Waals surface area (Å²) in [5, 5.41) is 9.03. The van der Waals surface area contributed by atoms with E-state index in [0.717, 1.165) is 37.6 Å². The summed E-state index contributed by atoms with van der Waals surface area (Å²) < 4.78 is 11.2. The Balaban J connectivity index is 2.27. The van der Waals surface area contributed by atoms with Gasteiger partial charge in [0, 0.05) is 35.4 Å². The van der Waals surface area contributed by atoms with Crippen LogP contribution in [0.1, 0.15) is 26.2 Å². The summed E-state index contributed by atoms with van der Waals surface area (Å²) in [4.78, 5) is 13.2. The highest BCUT2D eigenvalue weighted by atomic mass is 32.2. The fraction of sp³-hybridized carbons (Fsp3) is 0.909. The second-order valence-corrected chi connectivity index (χ2v) is 6.30. The van der Waals surface area contributed by atoms with Gasteiger partial charge in [-0.15, -0.1) is 0 Å². The fourth-order valence-electron chi connectivity index (χ4n) is 1.95. The van der Waals surface area contributed by atoms with Crippen LogP contribution in [-0.2, 0) is 15.6 Å². The lowest BCUT2D eigenvalue weighted by molar-refractivity contribution is -0.143. The van der Waals surface area contributed by atoms with Crippen LogP contribution in [0.15, 0.2) is 0 Å². The molecule has 1 aliphatic heterocycles. The fourth-order valence-corrected chi connectivity index (χ4v) is 3.08. The monoisotopic (exact) mass is 262 g/mol. The predicted molar refractivity (Wildman–Crippen MR) is 68.4 cm³/mol. The molecule has 5 nitrogen and oxygen atoms in total. The normalized spacial score (nSPS) is 22.2. The molecule has 0 radical (unpaired) electrons. The highest BCUT2D eigenvalue weighted by Crippen LogP contribution is 2.15. The zero-order valence-corrected chi connectivity index (χ0v) is 11.2. The van der Waals surface area contributed by atoms with Crippen molar-refractivity contribution in [2.75, 3.05) is 31.1 Å². The molecule has 1 heterocycles. The molecule has 3 N–H and O–H groups in total. The van der Waals surface area contributed by atoms with Crippen LogP contribution in [-0.4, -0.2) is 56.9 Å². The van der Waals surface area contributed by atoms with E-state index in [9.17, 15) is 9.00 Å². The number of carboxylic acids is 1. The molecule has 6 heteroatoms. The Morgan fingerprint density at radius 1 is 1.47 bits per heavy atom. The maximum absolute atomic E-state index is 11.2. The minimum atomic E-state index is -1.08. The summed E-state index contributed by atoms with van der Waals surface area (Å²) in [6.07, 6.45) is 1.73. The molecule has 0 amide bonds. The van der Waals surface area contributed by atoms with Crippen LogP contribution in [0.2, 0.25) is 0 Å². The van der Waals surface area contributed by atoms with Crippen molar-refractivity contribution in [1.82, 2.24) is 4.90 Å². The molecule has 1 fully saturated rings. The minimum absolute atomic E-state index is 0.451. The first kappa shape index (κ1) is 14.6. The molecule has 1 unspecified atom stereocenters. The van der Waals surface area contributed by atoms with Gasteiger partial charge >= 0.3 is 5.97 Å². The average molecular weight is 262 g/mol. The predicted octanol–water partition coefficient (Wildman–Crippen LogP) is 0.0230. The molecule has 0 saturated carbocycles. The molecule has 0 aromatic carbocycles. The largest absolute Gasteiger partial charge is 0.480 e. The Morgan fingerprint density at radius 2 is 2.06 bits per heavy atom. The molecule has 0 spiro atoms. The van der Waals surface area contributed by atoms with Gasteiger partial charge in [-0.25, -0.2) is 0 Å². The highest BCUT2D eigenvalue weighted by molar-refractivity contribution is 7.85. The Morgan fingerprint density at radius 3 is 2.53 bits per heavy atom. The van der Waals surface area contributed by atoms with Gasteiger partial charge in [-0.1, -0.05) is 6.92 Å². The molecule has 0 aromatic heterocycles. The zero-order valence-electron chi connectivity index (χ0n) is 10.4. The lowest BCUT2D eigenvalue weighted by Gasteiger charge is -2.28. The summed E-state index contributed by atoms with van der Waals surface area (Å²) in [7, 11) is -0.653. The second kappa shape index (κ2) is 6.47. The first-order valence-electron chi connectivity index (χ1n) is 6.07. The molecule has 1 aliphatic rings. The standard InChI is InChI=1S/C11H22N2O3S/c1-2-11(12,10(14)15)4-3-5-13-6-8-17(16)9-7-13/h2-9,12H2,1H3,(H,14,15). The van der Waals surface area contributed by atoms with Crippen LogP contribution < -0.4 is 5.73 Å². The van der Waals surface area contributed by atoms with E-state index >= 15 is 0 Å². The quantitative estimate of drug-likeness (QED) is 0.705. The van der Waals surface area contributed by atoms with E-state index in [4.69, 9.17) is 10.8 Å². The van der Waals surface area contributed by atoms with E-state index in [-0.39, 0.29) is 0 Å². The van der Waals surface area contributed by atoms with Crippen LogP contribution in [0, 0.1) is 0 Å². The zero-order chi connectivity index (χ0) is 12.9. The Bertz CT molecular complexity index is 288. The van der Waals surface area contributed by atoms with Crippen molar-refractivity contribution < 1.29 is 14.1 Å². The van der Waals surface area contributed by atoms with Crippen molar-refractivity contribution in [3.8, 4) is 0 Å². The van der Waals surface area contributed by atoms with E-state index in [1.165, 1.54) is 0 Å². The van der Waals surface area contributed by atoms with Gasteiger partial charge in [0.1, 0.15) is 5.54 Å². The number of carboxylic acid groups (broad SMARTS) is 1. The average Bonchev–Trinajstić information content (AvgIpc) is 2.31. The highest BCUT2D eigenvalue weighted by Gasteiger charge is 2.31. The van der Waals surface area contributed by atoms with Crippen molar-refractivity contribution in [3.63, 3.8) is 0 Å². The van der Waals surface area contributed by atoms with Crippen molar-refractivity contribution in [1.29, 1.82) is 0 Å². The van der Waals surface area contributed by atoms with Gasteiger partial charge in [-0.05, 0) is 25.8 Å². The third kappa shape index (κ3) is 4.37. The minimum Gasteiger partial charge on any atom is -0.480 e. The van der Waals surface area contributed by atoms with Gasteiger partial charge in [0.2, 0.25) is 0 Å². The first-order valence-corrected chi connectivity index (χ1v) is 7.56. The van der Waals surface area contributed by atoms with E-state index in [0.29, 0.717) is 12.8 Å². The number of aliphatic carboxylic acids is 1. The van der Waals surface area contributed by atoms with Crippen LogP contribution >= 0.6 is 0 Å².